The number of hydrogen-bond acceptors (Lipinski definition) is 2. The zero-order chi connectivity index (χ0) is 16.4. The summed E-state index contributed by atoms with van der Waals surface area (Å²) >= 11 is 0. The van der Waals surface area contributed by atoms with Crippen LogP contribution in [-0.4, -0.2) is 47.9 Å². The Balaban J connectivity index is 1.63. The Kier molecular flexibility index (Phi) is 4.24. The van der Waals surface area contributed by atoms with Crippen LogP contribution < -0.4 is 5.32 Å². The summed E-state index contributed by atoms with van der Waals surface area (Å²) in [4.78, 5) is 28.5. The van der Waals surface area contributed by atoms with Crippen LogP contribution in [0, 0.1) is 11.2 Å². The van der Waals surface area contributed by atoms with E-state index >= 15 is 0 Å². The normalized spacial score (nSPS) is 23.8. The Morgan fingerprint density at radius 2 is 2.13 bits per heavy atom. The number of likely N-dealkylation sites (tertiary alicyclic amines) is 2. The molecule has 6 heteroatoms. The van der Waals surface area contributed by atoms with E-state index in [9.17, 15) is 14.0 Å². The SMILES string of the molecule is CCCN1CCC2(CCN(C(=O)Nc3cccc(F)c3)C2)C1=O. The lowest BCUT2D eigenvalue weighted by Crippen LogP contribution is -2.39. The van der Waals surface area contributed by atoms with E-state index in [2.05, 4.69) is 12.2 Å². The molecule has 0 radical (unpaired) electrons. The van der Waals surface area contributed by atoms with Gasteiger partial charge in [0.1, 0.15) is 5.82 Å². The van der Waals surface area contributed by atoms with E-state index in [1.807, 2.05) is 4.90 Å². The van der Waals surface area contributed by atoms with Crippen molar-refractivity contribution in [3.8, 4) is 0 Å². The maximum Gasteiger partial charge on any atom is 0.321 e. The predicted molar refractivity (Wildman–Crippen MR) is 85.5 cm³/mol. The van der Waals surface area contributed by atoms with Gasteiger partial charge in [-0.25, -0.2) is 9.18 Å². The van der Waals surface area contributed by atoms with Gasteiger partial charge in [0.25, 0.3) is 0 Å². The zero-order valence-electron chi connectivity index (χ0n) is 13.3. The number of nitrogens with zero attached hydrogens (tertiary/aromatic N) is 2. The Hall–Kier alpha value is -2.11. The molecule has 1 N–H and O–H groups in total. The highest BCUT2D eigenvalue weighted by atomic mass is 19.1. The summed E-state index contributed by atoms with van der Waals surface area (Å²) in [7, 11) is 0. The largest absolute Gasteiger partial charge is 0.342 e. The average Bonchev–Trinajstić information content (AvgIpc) is 3.08. The van der Waals surface area contributed by atoms with Gasteiger partial charge in [-0.3, -0.25) is 4.79 Å². The van der Waals surface area contributed by atoms with Gasteiger partial charge in [-0.1, -0.05) is 13.0 Å². The molecule has 0 aliphatic carbocycles. The molecule has 0 bridgehead atoms. The van der Waals surface area contributed by atoms with Crippen molar-refractivity contribution in [1.29, 1.82) is 0 Å². The van der Waals surface area contributed by atoms with Crippen LogP contribution in [0.25, 0.3) is 0 Å². The molecule has 1 spiro atoms. The van der Waals surface area contributed by atoms with Gasteiger partial charge in [0.05, 0.1) is 5.41 Å². The molecule has 2 saturated heterocycles. The Morgan fingerprint density at radius 1 is 1.35 bits per heavy atom. The van der Waals surface area contributed by atoms with Gasteiger partial charge in [0.15, 0.2) is 0 Å². The lowest BCUT2D eigenvalue weighted by atomic mass is 9.85. The fourth-order valence-corrected chi connectivity index (χ4v) is 3.57. The Bertz CT molecular complexity index is 622. The number of hydrogen-bond donors (Lipinski definition) is 1. The molecule has 1 aromatic rings. The minimum atomic E-state index is -0.408. The molecule has 3 rings (SSSR count). The number of benzene rings is 1. The first-order chi connectivity index (χ1) is 11.0. The van der Waals surface area contributed by atoms with E-state index in [0.717, 1.165) is 25.9 Å². The first kappa shape index (κ1) is 15.8. The van der Waals surface area contributed by atoms with Crippen molar-refractivity contribution in [2.75, 3.05) is 31.5 Å². The van der Waals surface area contributed by atoms with Crippen LogP contribution in [0.4, 0.5) is 14.9 Å². The van der Waals surface area contributed by atoms with Crippen molar-refractivity contribution in [3.05, 3.63) is 30.1 Å². The zero-order valence-corrected chi connectivity index (χ0v) is 13.3. The molecule has 0 aromatic heterocycles. The molecule has 1 unspecified atom stereocenters. The van der Waals surface area contributed by atoms with Crippen molar-refractivity contribution in [2.24, 2.45) is 5.41 Å². The van der Waals surface area contributed by atoms with Gasteiger partial charge in [-0.15, -0.1) is 0 Å². The van der Waals surface area contributed by atoms with E-state index in [1.54, 1.807) is 17.0 Å². The minimum Gasteiger partial charge on any atom is -0.342 e. The molecular formula is C17H22FN3O2. The standard InChI is InChI=1S/C17H22FN3O2/c1-2-8-20-9-6-17(15(20)22)7-10-21(12-17)16(23)19-14-5-3-4-13(18)11-14/h3-5,11H,2,6-10,12H2,1H3,(H,19,23). The smallest absolute Gasteiger partial charge is 0.321 e. The summed E-state index contributed by atoms with van der Waals surface area (Å²) in [6, 6.07) is 5.55. The number of anilines is 1. The Morgan fingerprint density at radius 3 is 2.87 bits per heavy atom. The van der Waals surface area contributed by atoms with Crippen molar-refractivity contribution < 1.29 is 14.0 Å². The molecular weight excluding hydrogens is 297 g/mol. The summed E-state index contributed by atoms with van der Waals surface area (Å²) in [6.07, 6.45) is 2.48. The number of rotatable bonds is 3. The molecule has 23 heavy (non-hydrogen) atoms. The van der Waals surface area contributed by atoms with Gasteiger partial charge in [0, 0.05) is 31.9 Å². The highest BCUT2D eigenvalue weighted by Crippen LogP contribution is 2.40. The number of amides is 3. The van der Waals surface area contributed by atoms with Gasteiger partial charge >= 0.3 is 6.03 Å². The number of halogens is 1. The van der Waals surface area contributed by atoms with E-state index in [4.69, 9.17) is 0 Å². The van der Waals surface area contributed by atoms with Crippen LogP contribution in [0.5, 0.6) is 0 Å². The van der Waals surface area contributed by atoms with Crippen LogP contribution in [0.3, 0.4) is 0 Å². The van der Waals surface area contributed by atoms with Gasteiger partial charge < -0.3 is 15.1 Å². The van der Waals surface area contributed by atoms with Crippen LogP contribution in [0.2, 0.25) is 0 Å². The minimum absolute atomic E-state index is 0.181. The molecule has 5 nitrogen and oxygen atoms in total. The first-order valence-electron chi connectivity index (χ1n) is 8.15. The molecule has 3 amide bonds. The van der Waals surface area contributed by atoms with Gasteiger partial charge in [0.2, 0.25) is 5.91 Å². The number of carbonyl (C=O) groups excluding carboxylic acids is 2. The summed E-state index contributed by atoms with van der Waals surface area (Å²) < 4.78 is 13.2. The van der Waals surface area contributed by atoms with Crippen molar-refractivity contribution in [1.82, 2.24) is 9.80 Å². The second kappa shape index (κ2) is 6.18. The van der Waals surface area contributed by atoms with Gasteiger partial charge in [-0.05, 0) is 37.5 Å². The monoisotopic (exact) mass is 319 g/mol. The van der Waals surface area contributed by atoms with E-state index < -0.39 is 5.41 Å². The second-order valence-corrected chi connectivity index (χ2v) is 6.43. The highest BCUT2D eigenvalue weighted by Gasteiger charge is 2.51. The number of nitrogens with one attached hydrogen (secondary N) is 1. The third-order valence-corrected chi connectivity index (χ3v) is 4.81. The van der Waals surface area contributed by atoms with E-state index in [-0.39, 0.29) is 17.8 Å². The fraction of sp³-hybridized carbons (Fsp3) is 0.529. The number of carbonyl (C=O) groups is 2. The van der Waals surface area contributed by atoms with Crippen LogP contribution in [-0.2, 0) is 4.79 Å². The third-order valence-electron chi connectivity index (χ3n) is 4.81. The van der Waals surface area contributed by atoms with Crippen molar-refractivity contribution >= 4 is 17.6 Å². The molecule has 124 valence electrons. The maximum atomic E-state index is 13.2. The topological polar surface area (TPSA) is 52.6 Å². The molecule has 1 atom stereocenters. The molecule has 2 heterocycles. The molecule has 0 saturated carbocycles. The fourth-order valence-electron chi connectivity index (χ4n) is 3.57. The van der Waals surface area contributed by atoms with E-state index in [1.165, 1.54) is 12.1 Å². The second-order valence-electron chi connectivity index (χ2n) is 6.43. The average molecular weight is 319 g/mol. The number of urea groups is 1. The van der Waals surface area contributed by atoms with Crippen molar-refractivity contribution in [2.45, 2.75) is 26.2 Å². The maximum absolute atomic E-state index is 13.2. The van der Waals surface area contributed by atoms with Crippen LogP contribution in [0.1, 0.15) is 26.2 Å². The van der Waals surface area contributed by atoms with Crippen molar-refractivity contribution in [3.63, 3.8) is 0 Å². The Labute approximate surface area is 135 Å². The first-order valence-corrected chi connectivity index (χ1v) is 8.15. The molecule has 1 aromatic carbocycles. The van der Waals surface area contributed by atoms with E-state index in [0.29, 0.717) is 25.2 Å². The summed E-state index contributed by atoms with van der Waals surface area (Å²) in [5.74, 6) is -0.206. The predicted octanol–water partition coefficient (Wildman–Crippen LogP) is 2.69. The van der Waals surface area contributed by atoms with Crippen LogP contribution in [0.15, 0.2) is 24.3 Å². The van der Waals surface area contributed by atoms with Gasteiger partial charge in [-0.2, -0.15) is 0 Å². The molecule has 2 fully saturated rings. The third kappa shape index (κ3) is 3.02. The molecule has 2 aliphatic heterocycles. The quantitative estimate of drug-likeness (QED) is 0.931. The van der Waals surface area contributed by atoms with Crippen LogP contribution >= 0.6 is 0 Å². The lowest BCUT2D eigenvalue weighted by molar-refractivity contribution is -0.135. The lowest BCUT2D eigenvalue weighted by Gasteiger charge is -2.23. The highest BCUT2D eigenvalue weighted by molar-refractivity contribution is 5.91. The molecule has 2 aliphatic rings. The summed E-state index contributed by atoms with van der Waals surface area (Å²) in [6.45, 7) is 4.65. The summed E-state index contributed by atoms with van der Waals surface area (Å²) in [5, 5.41) is 2.70. The summed E-state index contributed by atoms with van der Waals surface area (Å²) in [5.41, 5.74) is 0.0235.